The van der Waals surface area contributed by atoms with Gasteiger partial charge in [-0.05, 0) is 127 Å². The summed E-state index contributed by atoms with van der Waals surface area (Å²) in [7, 11) is -3.61. The van der Waals surface area contributed by atoms with Crippen molar-refractivity contribution in [2.45, 2.75) is 111 Å². The normalized spacial score (nSPS) is 47.9. The SMILES string of the molecule is CC(C)[C@H]1C(O)C2C(CC[C@@]3(C)C2CC[C@@H]3[C@H](C)CCOP2(=O)OCC[C@@H](c3ccncc3)O2)[C@@]2(C)CC[C@@H](O)CC12. The Morgan fingerprint density at radius 3 is 2.45 bits per heavy atom. The Bertz CT molecular complexity index is 1130. The maximum atomic E-state index is 13.3. The minimum Gasteiger partial charge on any atom is -0.393 e. The van der Waals surface area contributed by atoms with E-state index in [2.05, 4.69) is 39.6 Å². The number of aliphatic hydroxyl groups is 2. The molecule has 7 nitrogen and oxygen atoms in total. The standard InChI is InChI=1S/C34H54NO6P/c1-21(2)30-28-20-24(36)8-14-34(28,5)27-9-15-33(4)25(6-7-26(33)31(27)32(30)37)22(3)12-18-39-42(38)40-19-13-29(41-42)23-10-16-35-17-11-23/h10-11,16-17,21-22,24-32,36-37H,6-9,12-15,18-20H2,1-5H3/t22-,24-,25-,26?,27?,28?,29+,30-,31?,32?,33-,34-,42?/m1/s1. The first kappa shape index (κ1) is 31.2. The van der Waals surface area contributed by atoms with E-state index in [1.54, 1.807) is 12.4 Å². The quantitative estimate of drug-likeness (QED) is 0.310. The molecular weight excluding hydrogens is 549 g/mol. The molecular formula is C34H54NO6P. The Morgan fingerprint density at radius 2 is 1.71 bits per heavy atom. The Hall–Kier alpha value is -0.820. The molecule has 8 heteroatoms. The second kappa shape index (κ2) is 11.8. The van der Waals surface area contributed by atoms with Crippen molar-refractivity contribution < 1.29 is 28.3 Å². The lowest BCUT2D eigenvalue weighted by molar-refractivity contribution is -0.211. The third-order valence-electron chi connectivity index (χ3n) is 13.1. The first-order chi connectivity index (χ1) is 20.0. The Morgan fingerprint density at radius 1 is 1.00 bits per heavy atom. The van der Waals surface area contributed by atoms with Gasteiger partial charge in [-0.2, -0.15) is 0 Å². The fourth-order valence-corrected chi connectivity index (χ4v) is 12.5. The molecule has 2 N–H and O–H groups in total. The van der Waals surface area contributed by atoms with Gasteiger partial charge in [0.15, 0.2) is 0 Å². The van der Waals surface area contributed by atoms with Crippen LogP contribution in [0.15, 0.2) is 24.5 Å². The van der Waals surface area contributed by atoms with Crippen LogP contribution in [-0.4, -0.2) is 40.6 Å². The van der Waals surface area contributed by atoms with Crippen molar-refractivity contribution in [3.63, 3.8) is 0 Å². The molecule has 0 aromatic carbocycles. The van der Waals surface area contributed by atoms with E-state index in [1.807, 2.05) is 12.1 Å². The van der Waals surface area contributed by atoms with E-state index in [9.17, 15) is 14.8 Å². The molecule has 13 atom stereocenters. The number of pyridine rings is 1. The van der Waals surface area contributed by atoms with Crippen LogP contribution in [0.25, 0.3) is 0 Å². The summed E-state index contributed by atoms with van der Waals surface area (Å²) < 4.78 is 30.6. The second-order valence-corrected chi connectivity index (χ2v) is 17.0. The summed E-state index contributed by atoms with van der Waals surface area (Å²) in [6.07, 6.45) is 11.7. The minimum absolute atomic E-state index is 0.190. The number of fused-ring (bicyclic) bond motifs is 5. The monoisotopic (exact) mass is 603 g/mol. The zero-order valence-electron chi connectivity index (χ0n) is 26.4. The van der Waals surface area contributed by atoms with Crippen molar-refractivity contribution in [2.75, 3.05) is 13.2 Å². The van der Waals surface area contributed by atoms with Gasteiger partial charge in [-0.3, -0.25) is 18.6 Å². The Balaban J connectivity index is 1.12. The van der Waals surface area contributed by atoms with Gasteiger partial charge in [0, 0.05) is 18.8 Å². The van der Waals surface area contributed by atoms with Crippen LogP contribution in [-0.2, 0) is 18.1 Å². The summed E-state index contributed by atoms with van der Waals surface area (Å²) in [6.45, 7) is 12.6. The van der Waals surface area contributed by atoms with Crippen LogP contribution in [0.5, 0.6) is 0 Å². The topological polar surface area (TPSA) is 98.1 Å². The fourth-order valence-electron chi connectivity index (χ4n) is 11.1. The van der Waals surface area contributed by atoms with Crippen LogP contribution < -0.4 is 0 Å². The van der Waals surface area contributed by atoms with Gasteiger partial charge in [0.2, 0.25) is 0 Å². The molecule has 236 valence electrons. The smallest absolute Gasteiger partial charge is 0.393 e. The lowest BCUT2D eigenvalue weighted by Crippen LogP contribution is -2.63. The summed E-state index contributed by atoms with van der Waals surface area (Å²) in [5, 5.41) is 22.8. The van der Waals surface area contributed by atoms with E-state index in [0.29, 0.717) is 61.1 Å². The zero-order valence-corrected chi connectivity index (χ0v) is 27.3. The molecule has 1 aromatic heterocycles. The van der Waals surface area contributed by atoms with E-state index in [-0.39, 0.29) is 35.1 Å². The summed E-state index contributed by atoms with van der Waals surface area (Å²) in [4.78, 5) is 4.07. The van der Waals surface area contributed by atoms with Gasteiger partial charge in [-0.15, -0.1) is 0 Å². The first-order valence-electron chi connectivity index (χ1n) is 16.8. The van der Waals surface area contributed by atoms with Gasteiger partial charge in [0.1, 0.15) is 0 Å². The van der Waals surface area contributed by atoms with Crippen molar-refractivity contribution in [2.24, 2.45) is 58.2 Å². The number of aliphatic hydroxyl groups excluding tert-OH is 2. The largest absolute Gasteiger partial charge is 0.475 e. The number of rotatable bonds is 7. The second-order valence-electron chi connectivity index (χ2n) is 15.4. The number of phosphoric ester groups is 1. The molecule has 0 radical (unpaired) electrons. The molecule has 2 heterocycles. The molecule has 1 aliphatic heterocycles. The van der Waals surface area contributed by atoms with Crippen LogP contribution in [0.1, 0.15) is 104 Å². The van der Waals surface area contributed by atoms with Crippen LogP contribution in [0.2, 0.25) is 0 Å². The third-order valence-corrected chi connectivity index (χ3v) is 14.6. The molecule has 5 fully saturated rings. The fraction of sp³-hybridized carbons (Fsp3) is 0.853. The van der Waals surface area contributed by atoms with Crippen molar-refractivity contribution in [1.29, 1.82) is 0 Å². The Kier molecular flexibility index (Phi) is 8.79. The average Bonchev–Trinajstić information content (AvgIpc) is 3.31. The maximum Gasteiger partial charge on any atom is 0.475 e. The summed E-state index contributed by atoms with van der Waals surface area (Å²) >= 11 is 0. The van der Waals surface area contributed by atoms with Gasteiger partial charge in [0.25, 0.3) is 0 Å². The molecule has 1 saturated heterocycles. The highest BCUT2D eigenvalue weighted by Crippen LogP contribution is 2.70. The van der Waals surface area contributed by atoms with E-state index in [0.717, 1.165) is 31.2 Å². The Labute approximate surface area is 253 Å². The predicted molar refractivity (Wildman–Crippen MR) is 162 cm³/mol. The van der Waals surface area contributed by atoms with Gasteiger partial charge >= 0.3 is 7.82 Å². The number of hydrogen-bond acceptors (Lipinski definition) is 7. The molecule has 0 amide bonds. The van der Waals surface area contributed by atoms with Crippen LogP contribution >= 0.6 is 7.82 Å². The van der Waals surface area contributed by atoms with Crippen molar-refractivity contribution >= 4 is 7.82 Å². The predicted octanol–water partition coefficient (Wildman–Crippen LogP) is 7.58. The summed E-state index contributed by atoms with van der Waals surface area (Å²) in [5.74, 6) is 3.42. The minimum atomic E-state index is -3.61. The number of hydrogen-bond donors (Lipinski definition) is 2. The molecule has 6 rings (SSSR count). The van der Waals surface area contributed by atoms with Gasteiger partial charge in [0.05, 0.1) is 31.5 Å². The highest BCUT2D eigenvalue weighted by molar-refractivity contribution is 7.48. The molecule has 5 aliphatic rings. The van der Waals surface area contributed by atoms with E-state index in [4.69, 9.17) is 13.6 Å². The molecule has 42 heavy (non-hydrogen) atoms. The lowest BCUT2D eigenvalue weighted by Gasteiger charge is -2.65. The molecule has 4 aliphatic carbocycles. The van der Waals surface area contributed by atoms with Crippen molar-refractivity contribution in [3.05, 3.63) is 30.1 Å². The summed E-state index contributed by atoms with van der Waals surface area (Å²) in [5.41, 5.74) is 1.34. The lowest BCUT2D eigenvalue weighted by atomic mass is 9.40. The van der Waals surface area contributed by atoms with E-state index >= 15 is 0 Å². The van der Waals surface area contributed by atoms with Crippen LogP contribution in [0.4, 0.5) is 0 Å². The number of aromatic nitrogens is 1. The average molecular weight is 604 g/mol. The summed E-state index contributed by atoms with van der Waals surface area (Å²) in [6, 6.07) is 3.78. The van der Waals surface area contributed by atoms with E-state index < -0.39 is 7.82 Å². The first-order valence-corrected chi connectivity index (χ1v) is 18.3. The third kappa shape index (κ3) is 5.36. The van der Waals surface area contributed by atoms with Crippen molar-refractivity contribution in [3.8, 4) is 0 Å². The maximum absolute atomic E-state index is 13.3. The zero-order chi connectivity index (χ0) is 29.9. The van der Waals surface area contributed by atoms with Crippen LogP contribution in [0.3, 0.4) is 0 Å². The number of phosphoric acid groups is 1. The van der Waals surface area contributed by atoms with Crippen molar-refractivity contribution in [1.82, 2.24) is 4.98 Å². The molecule has 1 aromatic rings. The molecule has 0 bridgehead atoms. The highest BCUT2D eigenvalue weighted by Gasteiger charge is 2.65. The van der Waals surface area contributed by atoms with Gasteiger partial charge in [-0.25, -0.2) is 4.57 Å². The molecule has 0 spiro atoms. The number of nitrogens with zero attached hydrogens (tertiary/aromatic N) is 1. The highest BCUT2D eigenvalue weighted by atomic mass is 31.2. The molecule has 4 saturated carbocycles. The van der Waals surface area contributed by atoms with E-state index in [1.165, 1.54) is 25.7 Å². The van der Waals surface area contributed by atoms with Crippen LogP contribution in [0, 0.1) is 58.2 Å². The molecule has 6 unspecified atom stereocenters. The van der Waals surface area contributed by atoms with Gasteiger partial charge < -0.3 is 10.2 Å². The van der Waals surface area contributed by atoms with Gasteiger partial charge in [-0.1, -0.05) is 34.6 Å².